The number of nitrogen functional groups attached to an aromatic ring is 1. The van der Waals surface area contributed by atoms with Gasteiger partial charge in [-0.3, -0.25) is 4.98 Å². The predicted molar refractivity (Wildman–Crippen MR) is 82.5 cm³/mol. The van der Waals surface area contributed by atoms with Gasteiger partial charge in [0.15, 0.2) is 0 Å². The van der Waals surface area contributed by atoms with Crippen molar-refractivity contribution < 1.29 is 0 Å². The number of nitrogens with zero attached hydrogens (tertiary/aromatic N) is 1. The lowest BCUT2D eigenvalue weighted by Crippen LogP contribution is -2.05. The zero-order valence-corrected chi connectivity index (χ0v) is 11.4. The summed E-state index contributed by atoms with van der Waals surface area (Å²) in [6, 6.07) is 12.4. The van der Waals surface area contributed by atoms with Crippen molar-refractivity contribution in [3.8, 4) is 0 Å². The van der Waals surface area contributed by atoms with Gasteiger partial charge in [0.2, 0.25) is 0 Å². The Balaban J connectivity index is 1.99. The highest BCUT2D eigenvalue weighted by Crippen LogP contribution is 2.29. The van der Waals surface area contributed by atoms with Gasteiger partial charge in [0.05, 0.1) is 17.2 Å². The van der Waals surface area contributed by atoms with Crippen LogP contribution in [0.5, 0.6) is 0 Å². The Morgan fingerprint density at radius 3 is 2.89 bits per heavy atom. The monoisotopic (exact) mass is 269 g/mol. The second-order valence-electron chi connectivity index (χ2n) is 4.48. The van der Waals surface area contributed by atoms with Gasteiger partial charge < -0.3 is 11.1 Å². The molecule has 0 saturated heterocycles. The number of anilines is 2. The van der Waals surface area contributed by atoms with E-state index in [0.717, 1.165) is 16.6 Å². The third kappa shape index (κ3) is 2.27. The lowest BCUT2D eigenvalue weighted by molar-refractivity contribution is 0.910. The fourth-order valence-electron chi connectivity index (χ4n) is 2.17. The van der Waals surface area contributed by atoms with Crippen LogP contribution < -0.4 is 11.1 Å². The number of benzene rings is 1. The van der Waals surface area contributed by atoms with Crippen LogP contribution in [0.1, 0.15) is 17.8 Å². The Labute approximate surface area is 116 Å². The number of hydrogen-bond donors (Lipinski definition) is 2. The molecule has 3 rings (SSSR count). The molecule has 0 aliphatic carbocycles. The number of nitrogens with two attached hydrogens (primary N) is 1. The molecule has 19 heavy (non-hydrogen) atoms. The van der Waals surface area contributed by atoms with Gasteiger partial charge in [0.25, 0.3) is 0 Å². The van der Waals surface area contributed by atoms with Gasteiger partial charge in [-0.25, -0.2) is 0 Å². The van der Waals surface area contributed by atoms with E-state index >= 15 is 0 Å². The average Bonchev–Trinajstić information content (AvgIpc) is 2.94. The number of fused-ring (bicyclic) bond motifs is 1. The largest absolute Gasteiger partial charge is 0.397 e. The third-order valence-corrected chi connectivity index (χ3v) is 4.20. The number of para-hydroxylation sites is 1. The first-order valence-electron chi connectivity index (χ1n) is 6.19. The molecular formula is C15H15N3S. The molecule has 0 bridgehead atoms. The summed E-state index contributed by atoms with van der Waals surface area (Å²) in [4.78, 5) is 5.66. The Kier molecular flexibility index (Phi) is 3.09. The first kappa shape index (κ1) is 12.0. The lowest BCUT2D eigenvalue weighted by Gasteiger charge is -2.15. The van der Waals surface area contributed by atoms with E-state index in [-0.39, 0.29) is 6.04 Å². The Bertz CT molecular complexity index is 692. The first-order chi connectivity index (χ1) is 9.25. The number of rotatable bonds is 3. The third-order valence-electron chi connectivity index (χ3n) is 3.14. The standard InChI is InChI=1S/C15H15N3S/c1-10(14-6-3-9-19-14)18-13-7-8-17-15-11(13)4-2-5-12(15)16/h2-10H,16H2,1H3,(H,17,18). The summed E-state index contributed by atoms with van der Waals surface area (Å²) in [5.41, 5.74) is 8.60. The van der Waals surface area contributed by atoms with Crippen molar-refractivity contribution in [3.05, 3.63) is 52.9 Å². The lowest BCUT2D eigenvalue weighted by atomic mass is 10.1. The highest BCUT2D eigenvalue weighted by atomic mass is 32.1. The quantitative estimate of drug-likeness (QED) is 0.705. The van der Waals surface area contributed by atoms with E-state index in [4.69, 9.17) is 5.73 Å². The van der Waals surface area contributed by atoms with Crippen LogP contribution in [0, 0.1) is 0 Å². The molecule has 3 aromatic rings. The predicted octanol–water partition coefficient (Wildman–Crippen LogP) is 4.05. The fourth-order valence-corrected chi connectivity index (χ4v) is 2.90. The van der Waals surface area contributed by atoms with Crippen molar-refractivity contribution in [1.82, 2.24) is 4.98 Å². The molecule has 1 aromatic carbocycles. The summed E-state index contributed by atoms with van der Waals surface area (Å²) in [6.45, 7) is 2.16. The van der Waals surface area contributed by atoms with Crippen molar-refractivity contribution in [2.75, 3.05) is 11.1 Å². The zero-order valence-electron chi connectivity index (χ0n) is 10.6. The van der Waals surface area contributed by atoms with Gasteiger partial charge in [-0.1, -0.05) is 18.2 Å². The van der Waals surface area contributed by atoms with Crippen LogP contribution in [-0.4, -0.2) is 4.98 Å². The topological polar surface area (TPSA) is 50.9 Å². The van der Waals surface area contributed by atoms with Crippen molar-refractivity contribution >= 4 is 33.6 Å². The molecule has 96 valence electrons. The maximum absolute atomic E-state index is 5.96. The maximum Gasteiger partial charge on any atom is 0.0951 e. The number of pyridine rings is 1. The Morgan fingerprint density at radius 1 is 1.21 bits per heavy atom. The number of aromatic nitrogens is 1. The van der Waals surface area contributed by atoms with Gasteiger partial charge >= 0.3 is 0 Å². The van der Waals surface area contributed by atoms with Crippen LogP contribution in [0.25, 0.3) is 10.9 Å². The minimum Gasteiger partial charge on any atom is -0.397 e. The number of hydrogen-bond acceptors (Lipinski definition) is 4. The van der Waals surface area contributed by atoms with E-state index in [0.29, 0.717) is 5.69 Å². The molecule has 0 aliphatic heterocycles. The molecule has 1 unspecified atom stereocenters. The molecule has 1 atom stereocenters. The fraction of sp³-hybridized carbons (Fsp3) is 0.133. The van der Waals surface area contributed by atoms with Crippen molar-refractivity contribution in [1.29, 1.82) is 0 Å². The van der Waals surface area contributed by atoms with Crippen LogP contribution in [0.3, 0.4) is 0 Å². The summed E-state index contributed by atoms with van der Waals surface area (Å²) in [5, 5.41) is 6.68. The molecule has 0 saturated carbocycles. The SMILES string of the molecule is CC(Nc1ccnc2c(N)cccc12)c1cccs1. The van der Waals surface area contributed by atoms with E-state index in [1.807, 2.05) is 24.3 Å². The maximum atomic E-state index is 5.96. The average molecular weight is 269 g/mol. The smallest absolute Gasteiger partial charge is 0.0951 e. The van der Waals surface area contributed by atoms with Gasteiger partial charge in [0.1, 0.15) is 0 Å². The molecule has 0 amide bonds. The molecule has 3 nitrogen and oxygen atoms in total. The molecule has 2 aromatic heterocycles. The van der Waals surface area contributed by atoms with Crippen molar-refractivity contribution in [2.24, 2.45) is 0 Å². The van der Waals surface area contributed by atoms with E-state index in [2.05, 4.69) is 34.7 Å². The molecule has 0 fully saturated rings. The van der Waals surface area contributed by atoms with Gasteiger partial charge in [0, 0.05) is 22.1 Å². The van der Waals surface area contributed by atoms with Gasteiger partial charge in [-0.05, 0) is 30.5 Å². The Hall–Kier alpha value is -2.07. The first-order valence-corrected chi connectivity index (χ1v) is 7.07. The molecule has 3 N–H and O–H groups in total. The van der Waals surface area contributed by atoms with Crippen molar-refractivity contribution in [3.63, 3.8) is 0 Å². The van der Waals surface area contributed by atoms with E-state index in [1.54, 1.807) is 17.5 Å². The van der Waals surface area contributed by atoms with Crippen LogP contribution in [0.2, 0.25) is 0 Å². The molecule has 2 heterocycles. The van der Waals surface area contributed by atoms with Crippen LogP contribution in [0.15, 0.2) is 48.0 Å². The summed E-state index contributed by atoms with van der Waals surface area (Å²) in [7, 11) is 0. The second kappa shape index (κ2) is 4.90. The molecule has 4 heteroatoms. The minimum atomic E-state index is 0.270. The summed E-state index contributed by atoms with van der Waals surface area (Å²) < 4.78 is 0. The minimum absolute atomic E-state index is 0.270. The molecule has 0 radical (unpaired) electrons. The van der Waals surface area contributed by atoms with E-state index in [9.17, 15) is 0 Å². The summed E-state index contributed by atoms with van der Waals surface area (Å²) >= 11 is 1.76. The van der Waals surface area contributed by atoms with E-state index < -0.39 is 0 Å². The highest BCUT2D eigenvalue weighted by Gasteiger charge is 2.09. The number of nitrogens with one attached hydrogen (secondary N) is 1. The van der Waals surface area contributed by atoms with Crippen LogP contribution >= 0.6 is 11.3 Å². The summed E-state index contributed by atoms with van der Waals surface area (Å²) in [5.74, 6) is 0. The molecular weight excluding hydrogens is 254 g/mol. The Morgan fingerprint density at radius 2 is 2.11 bits per heavy atom. The normalized spacial score (nSPS) is 12.5. The van der Waals surface area contributed by atoms with E-state index in [1.165, 1.54) is 4.88 Å². The van der Waals surface area contributed by atoms with Gasteiger partial charge in [-0.15, -0.1) is 11.3 Å². The summed E-state index contributed by atoms with van der Waals surface area (Å²) in [6.07, 6.45) is 1.79. The highest BCUT2D eigenvalue weighted by molar-refractivity contribution is 7.10. The van der Waals surface area contributed by atoms with Crippen LogP contribution in [0.4, 0.5) is 11.4 Å². The molecule has 0 spiro atoms. The number of thiophene rings is 1. The van der Waals surface area contributed by atoms with Gasteiger partial charge in [-0.2, -0.15) is 0 Å². The second-order valence-corrected chi connectivity index (χ2v) is 5.46. The zero-order chi connectivity index (χ0) is 13.2. The molecule has 0 aliphatic rings. The van der Waals surface area contributed by atoms with Crippen LogP contribution in [-0.2, 0) is 0 Å². The van der Waals surface area contributed by atoms with Crippen molar-refractivity contribution in [2.45, 2.75) is 13.0 Å².